The van der Waals surface area contributed by atoms with Crippen molar-refractivity contribution in [2.45, 2.75) is 4.46 Å². The van der Waals surface area contributed by atoms with Gasteiger partial charge in [-0.25, -0.2) is 0 Å². The molecule has 0 N–H and O–H groups in total. The number of hydrogen-bond donors (Lipinski definition) is 0. The molecule has 0 saturated carbocycles. The van der Waals surface area contributed by atoms with Gasteiger partial charge in [-0.15, -0.1) is 23.2 Å². The van der Waals surface area contributed by atoms with Crippen LogP contribution in [-0.2, 0) is 4.46 Å². The van der Waals surface area contributed by atoms with Crippen molar-refractivity contribution in [1.29, 1.82) is 0 Å². The molecule has 1 rings (SSSR count). The van der Waals surface area contributed by atoms with Crippen LogP contribution in [0.25, 0.3) is 0 Å². The summed E-state index contributed by atoms with van der Waals surface area (Å²) in [5, 5.41) is 0. The zero-order chi connectivity index (χ0) is 12.0. The SMILES string of the molecule is ClCCN(CCCl)C(Cl)(Cl)c1ccccc1. The highest BCUT2D eigenvalue weighted by Crippen LogP contribution is 2.37. The van der Waals surface area contributed by atoms with Gasteiger partial charge in [0.15, 0.2) is 4.46 Å². The largest absolute Gasteiger partial charge is 0.266 e. The molecule has 5 heteroatoms. The maximum Gasteiger partial charge on any atom is 0.197 e. The molecule has 0 amide bonds. The number of hydrogen-bond acceptors (Lipinski definition) is 1. The van der Waals surface area contributed by atoms with Crippen LogP contribution in [0.2, 0.25) is 0 Å². The van der Waals surface area contributed by atoms with Crippen molar-refractivity contribution in [3.8, 4) is 0 Å². The molecule has 16 heavy (non-hydrogen) atoms. The molecule has 0 aromatic heterocycles. The highest BCUT2D eigenvalue weighted by Gasteiger charge is 2.33. The Kier molecular flexibility index (Phi) is 6.23. The molecule has 0 spiro atoms. The Balaban J connectivity index is 2.88. The Bertz CT molecular complexity index is 296. The monoisotopic (exact) mass is 299 g/mol. The number of alkyl halides is 4. The van der Waals surface area contributed by atoms with Crippen LogP contribution in [0.5, 0.6) is 0 Å². The van der Waals surface area contributed by atoms with Crippen molar-refractivity contribution in [2.75, 3.05) is 24.8 Å². The summed E-state index contributed by atoms with van der Waals surface area (Å²) >= 11 is 24.2. The highest BCUT2D eigenvalue weighted by molar-refractivity contribution is 6.47. The summed E-state index contributed by atoms with van der Waals surface area (Å²) in [6, 6.07) is 9.48. The summed E-state index contributed by atoms with van der Waals surface area (Å²) in [7, 11) is 0. The van der Waals surface area contributed by atoms with Crippen molar-refractivity contribution < 1.29 is 0 Å². The van der Waals surface area contributed by atoms with Gasteiger partial charge in [0.1, 0.15) is 0 Å². The van der Waals surface area contributed by atoms with Gasteiger partial charge in [0.05, 0.1) is 0 Å². The average molecular weight is 301 g/mol. The number of benzene rings is 1. The Morgan fingerprint density at radius 1 is 0.938 bits per heavy atom. The van der Waals surface area contributed by atoms with E-state index in [0.717, 1.165) is 5.56 Å². The first kappa shape index (κ1) is 14.4. The van der Waals surface area contributed by atoms with E-state index in [1.54, 1.807) is 0 Å². The van der Waals surface area contributed by atoms with Crippen molar-refractivity contribution in [3.05, 3.63) is 35.9 Å². The molecular weight excluding hydrogens is 288 g/mol. The molecule has 0 aliphatic heterocycles. The summed E-state index contributed by atoms with van der Waals surface area (Å²) in [4.78, 5) is 1.85. The fraction of sp³-hybridized carbons (Fsp3) is 0.455. The standard InChI is InChI=1S/C11H13Cl4N/c12-6-8-16(9-7-13)11(14,15)10-4-2-1-3-5-10/h1-5H,6-9H2. The minimum atomic E-state index is -1.08. The molecule has 0 bridgehead atoms. The topological polar surface area (TPSA) is 3.24 Å². The van der Waals surface area contributed by atoms with Crippen LogP contribution in [-0.4, -0.2) is 29.7 Å². The van der Waals surface area contributed by atoms with E-state index < -0.39 is 4.46 Å². The fourth-order valence-electron chi connectivity index (χ4n) is 1.42. The summed E-state index contributed by atoms with van der Waals surface area (Å²) in [6.07, 6.45) is 0. The minimum absolute atomic E-state index is 0.463. The fourth-order valence-corrected chi connectivity index (χ4v) is 2.42. The van der Waals surface area contributed by atoms with Gasteiger partial charge < -0.3 is 0 Å². The van der Waals surface area contributed by atoms with E-state index in [9.17, 15) is 0 Å². The lowest BCUT2D eigenvalue weighted by Crippen LogP contribution is -2.40. The lowest BCUT2D eigenvalue weighted by atomic mass is 10.2. The maximum absolute atomic E-state index is 6.36. The summed E-state index contributed by atoms with van der Waals surface area (Å²) < 4.78 is -1.08. The van der Waals surface area contributed by atoms with E-state index in [2.05, 4.69) is 0 Å². The second kappa shape index (κ2) is 6.93. The molecule has 0 saturated heterocycles. The Labute approximate surface area is 116 Å². The second-order valence-corrected chi connectivity index (χ2v) is 5.32. The first-order valence-corrected chi connectivity index (χ1v) is 6.75. The smallest absolute Gasteiger partial charge is 0.197 e. The van der Waals surface area contributed by atoms with Gasteiger partial charge in [-0.3, -0.25) is 4.90 Å². The van der Waals surface area contributed by atoms with Crippen LogP contribution in [0, 0.1) is 0 Å². The Morgan fingerprint density at radius 3 is 1.88 bits per heavy atom. The lowest BCUT2D eigenvalue weighted by molar-refractivity contribution is 0.253. The van der Waals surface area contributed by atoms with Crippen LogP contribution in [0.1, 0.15) is 5.56 Å². The van der Waals surface area contributed by atoms with E-state index in [4.69, 9.17) is 46.4 Å². The summed E-state index contributed by atoms with van der Waals surface area (Å²) in [5.41, 5.74) is 0.827. The molecule has 0 aliphatic carbocycles. The van der Waals surface area contributed by atoms with Gasteiger partial charge in [-0.2, -0.15) is 0 Å². The van der Waals surface area contributed by atoms with Crippen LogP contribution < -0.4 is 0 Å². The molecule has 0 fully saturated rings. The molecule has 1 aromatic carbocycles. The number of halogens is 4. The molecule has 0 heterocycles. The second-order valence-electron chi connectivity index (χ2n) is 3.27. The van der Waals surface area contributed by atoms with E-state index in [1.807, 2.05) is 35.2 Å². The summed E-state index contributed by atoms with van der Waals surface area (Å²) in [6.45, 7) is 1.19. The molecular formula is C11H13Cl4N. The van der Waals surface area contributed by atoms with Crippen LogP contribution in [0.4, 0.5) is 0 Å². The first-order valence-electron chi connectivity index (χ1n) is 4.93. The van der Waals surface area contributed by atoms with E-state index in [0.29, 0.717) is 24.8 Å². The van der Waals surface area contributed by atoms with Crippen molar-refractivity contribution >= 4 is 46.4 Å². The van der Waals surface area contributed by atoms with Crippen LogP contribution in [0.15, 0.2) is 30.3 Å². The van der Waals surface area contributed by atoms with Gasteiger partial charge in [0.25, 0.3) is 0 Å². The predicted octanol–water partition coefficient (Wildman–Crippen LogP) is 4.05. The minimum Gasteiger partial charge on any atom is -0.266 e. The average Bonchev–Trinajstić information content (AvgIpc) is 2.30. The zero-order valence-corrected chi connectivity index (χ0v) is 11.7. The third kappa shape index (κ3) is 3.68. The van der Waals surface area contributed by atoms with Gasteiger partial charge in [-0.05, 0) is 0 Å². The Hall–Kier alpha value is 0.340. The molecule has 0 radical (unpaired) electrons. The van der Waals surface area contributed by atoms with E-state index in [1.165, 1.54) is 0 Å². The molecule has 0 unspecified atom stereocenters. The molecule has 1 aromatic rings. The van der Waals surface area contributed by atoms with Gasteiger partial charge in [-0.1, -0.05) is 53.5 Å². The molecule has 90 valence electrons. The molecule has 1 nitrogen and oxygen atoms in total. The third-order valence-electron chi connectivity index (χ3n) is 2.23. The maximum atomic E-state index is 6.36. The van der Waals surface area contributed by atoms with Gasteiger partial charge in [0, 0.05) is 30.4 Å². The van der Waals surface area contributed by atoms with Gasteiger partial charge >= 0.3 is 0 Å². The van der Waals surface area contributed by atoms with Crippen molar-refractivity contribution in [1.82, 2.24) is 4.90 Å². The first-order chi connectivity index (χ1) is 7.62. The number of nitrogens with zero attached hydrogens (tertiary/aromatic N) is 1. The molecule has 0 atom stereocenters. The third-order valence-corrected chi connectivity index (χ3v) is 3.48. The highest BCUT2D eigenvalue weighted by atomic mass is 35.5. The summed E-state index contributed by atoms with van der Waals surface area (Å²) in [5.74, 6) is 0.926. The molecule has 0 aliphatic rings. The van der Waals surface area contributed by atoms with Crippen LogP contribution >= 0.6 is 46.4 Å². The van der Waals surface area contributed by atoms with E-state index >= 15 is 0 Å². The predicted molar refractivity (Wildman–Crippen MR) is 72.8 cm³/mol. The number of rotatable bonds is 6. The van der Waals surface area contributed by atoms with Gasteiger partial charge in [0.2, 0.25) is 0 Å². The Morgan fingerprint density at radius 2 is 1.44 bits per heavy atom. The lowest BCUT2D eigenvalue weighted by Gasteiger charge is -2.33. The quantitative estimate of drug-likeness (QED) is 0.566. The zero-order valence-electron chi connectivity index (χ0n) is 8.67. The van der Waals surface area contributed by atoms with Crippen molar-refractivity contribution in [2.24, 2.45) is 0 Å². The van der Waals surface area contributed by atoms with Crippen LogP contribution in [0.3, 0.4) is 0 Å². The van der Waals surface area contributed by atoms with Crippen molar-refractivity contribution in [3.63, 3.8) is 0 Å². The normalized spacial score (nSPS) is 12.1. The van der Waals surface area contributed by atoms with E-state index in [-0.39, 0.29) is 0 Å².